The summed E-state index contributed by atoms with van der Waals surface area (Å²) in [5, 5.41) is 12.3. The van der Waals surface area contributed by atoms with Crippen molar-refractivity contribution >= 4 is 52.5 Å². The van der Waals surface area contributed by atoms with Crippen molar-refractivity contribution in [2.75, 3.05) is 11.1 Å². The van der Waals surface area contributed by atoms with Crippen molar-refractivity contribution in [2.45, 2.75) is 31.5 Å². The van der Waals surface area contributed by atoms with Crippen molar-refractivity contribution in [3.05, 3.63) is 34.1 Å². The fraction of sp³-hybridized carbons (Fsp3) is 0.333. The lowest BCUT2D eigenvalue weighted by Gasteiger charge is -2.08. The van der Waals surface area contributed by atoms with E-state index in [0.717, 1.165) is 0 Å². The minimum Gasteiger partial charge on any atom is -0.370 e. The minimum atomic E-state index is -0.388. The minimum absolute atomic E-state index is 0.161. The van der Waals surface area contributed by atoms with Crippen LogP contribution in [0.4, 0.5) is 5.69 Å². The van der Waals surface area contributed by atoms with E-state index in [9.17, 15) is 9.59 Å². The molecule has 0 saturated heterocycles. The number of nitrogens with one attached hydrogen (secondary N) is 1. The second kappa shape index (κ2) is 9.07. The smallest absolute Gasteiger partial charge is 0.234 e. The molecule has 0 fully saturated rings. The van der Waals surface area contributed by atoms with E-state index in [1.54, 1.807) is 18.2 Å². The molecule has 2 amide bonds. The van der Waals surface area contributed by atoms with Gasteiger partial charge in [0.05, 0.1) is 15.8 Å². The Morgan fingerprint density at radius 2 is 2.04 bits per heavy atom. The molecule has 0 spiro atoms. The van der Waals surface area contributed by atoms with Gasteiger partial charge in [-0.15, -0.1) is 10.2 Å². The number of nitrogens with two attached hydrogens (primary N) is 1. The number of amides is 2. The molecule has 0 aliphatic carbocycles. The number of carbonyl (C=O) groups is 2. The Labute approximate surface area is 159 Å². The van der Waals surface area contributed by atoms with Crippen molar-refractivity contribution in [1.29, 1.82) is 0 Å². The van der Waals surface area contributed by atoms with Gasteiger partial charge in [0.1, 0.15) is 5.82 Å². The van der Waals surface area contributed by atoms with Gasteiger partial charge in [0.25, 0.3) is 0 Å². The Kier molecular flexibility index (Phi) is 7.10. The molecule has 0 bridgehead atoms. The summed E-state index contributed by atoms with van der Waals surface area (Å²) in [6, 6.07) is 4.88. The zero-order chi connectivity index (χ0) is 18.4. The number of primary amides is 1. The highest BCUT2D eigenvalue weighted by Crippen LogP contribution is 2.25. The summed E-state index contributed by atoms with van der Waals surface area (Å²) in [4.78, 5) is 23.0. The number of hydrogen-bond acceptors (Lipinski definition) is 5. The van der Waals surface area contributed by atoms with Crippen molar-refractivity contribution in [3.63, 3.8) is 0 Å². The van der Waals surface area contributed by atoms with Gasteiger partial charge in [-0.1, -0.05) is 35.0 Å². The van der Waals surface area contributed by atoms with E-state index >= 15 is 0 Å². The van der Waals surface area contributed by atoms with Crippen LogP contribution in [0.25, 0.3) is 0 Å². The summed E-state index contributed by atoms with van der Waals surface area (Å²) < 4.78 is 1.86. The Morgan fingerprint density at radius 3 is 2.68 bits per heavy atom. The Morgan fingerprint density at radius 1 is 1.28 bits per heavy atom. The number of thioether (sulfide) groups is 1. The SMILES string of the molecule is CCn1c(CCC(N)=O)nnc1SCC(=O)Nc1ccc(Cl)c(Cl)c1. The van der Waals surface area contributed by atoms with E-state index in [4.69, 9.17) is 28.9 Å². The molecule has 3 N–H and O–H groups in total. The predicted molar refractivity (Wildman–Crippen MR) is 99.0 cm³/mol. The first kappa shape index (κ1) is 19.6. The van der Waals surface area contributed by atoms with Crippen LogP contribution in [-0.4, -0.2) is 32.3 Å². The molecule has 10 heteroatoms. The first-order valence-corrected chi connectivity index (χ1v) is 9.23. The van der Waals surface area contributed by atoms with Gasteiger partial charge in [0.2, 0.25) is 11.8 Å². The van der Waals surface area contributed by atoms with Crippen molar-refractivity contribution < 1.29 is 9.59 Å². The average molecular weight is 402 g/mol. The number of hydrogen-bond donors (Lipinski definition) is 2. The molecule has 0 atom stereocenters. The van der Waals surface area contributed by atoms with Gasteiger partial charge in [-0.05, 0) is 25.1 Å². The molecule has 1 aromatic heterocycles. The lowest BCUT2D eigenvalue weighted by Crippen LogP contribution is -2.15. The van der Waals surface area contributed by atoms with E-state index in [1.165, 1.54) is 11.8 Å². The van der Waals surface area contributed by atoms with Crippen LogP contribution in [-0.2, 0) is 22.6 Å². The molecule has 1 heterocycles. The first-order chi connectivity index (χ1) is 11.9. The van der Waals surface area contributed by atoms with Crippen LogP contribution in [0.15, 0.2) is 23.4 Å². The van der Waals surface area contributed by atoms with Gasteiger partial charge in [0, 0.05) is 25.1 Å². The quantitative estimate of drug-likeness (QED) is 0.661. The molecule has 0 saturated carbocycles. The largest absolute Gasteiger partial charge is 0.370 e. The van der Waals surface area contributed by atoms with E-state index < -0.39 is 0 Å². The number of nitrogens with zero attached hydrogens (tertiary/aromatic N) is 3. The Bertz CT molecular complexity index is 781. The molecule has 7 nitrogen and oxygen atoms in total. The van der Waals surface area contributed by atoms with Crippen LogP contribution in [0, 0.1) is 0 Å². The molecule has 0 aliphatic heterocycles. The zero-order valence-corrected chi connectivity index (χ0v) is 15.8. The molecular weight excluding hydrogens is 385 g/mol. The van der Waals surface area contributed by atoms with Crippen LogP contribution in [0.5, 0.6) is 0 Å². The molecule has 0 unspecified atom stereocenters. The molecule has 134 valence electrons. The standard InChI is InChI=1S/C15H17Cl2N5O2S/c1-2-22-13(6-5-12(18)23)20-21-15(22)25-8-14(24)19-9-3-4-10(16)11(17)7-9/h3-4,7H,2,5-6,8H2,1H3,(H2,18,23)(H,19,24). The lowest BCUT2D eigenvalue weighted by molar-refractivity contribution is -0.118. The molecule has 0 aliphatic rings. The van der Waals surface area contributed by atoms with Gasteiger partial charge < -0.3 is 15.6 Å². The second-order valence-corrected chi connectivity index (χ2v) is 6.83. The van der Waals surface area contributed by atoms with Crippen LogP contribution < -0.4 is 11.1 Å². The summed E-state index contributed by atoms with van der Waals surface area (Å²) in [7, 11) is 0. The number of halogens is 2. The van der Waals surface area contributed by atoms with E-state index in [2.05, 4.69) is 15.5 Å². The fourth-order valence-electron chi connectivity index (χ4n) is 2.06. The third-order valence-corrected chi connectivity index (χ3v) is 4.95. The van der Waals surface area contributed by atoms with Crippen molar-refractivity contribution in [1.82, 2.24) is 14.8 Å². The zero-order valence-electron chi connectivity index (χ0n) is 13.5. The number of carbonyl (C=O) groups excluding carboxylic acids is 2. The molecular formula is C15H17Cl2N5O2S. The monoisotopic (exact) mass is 401 g/mol. The summed E-state index contributed by atoms with van der Waals surface area (Å²) in [6.07, 6.45) is 0.632. The highest BCUT2D eigenvalue weighted by molar-refractivity contribution is 7.99. The van der Waals surface area contributed by atoms with Gasteiger partial charge in [0.15, 0.2) is 5.16 Å². The summed E-state index contributed by atoms with van der Waals surface area (Å²) in [6.45, 7) is 2.58. The number of aryl methyl sites for hydroxylation is 1. The number of anilines is 1. The van der Waals surface area contributed by atoms with Gasteiger partial charge in [-0.25, -0.2) is 0 Å². The Balaban J connectivity index is 1.94. The van der Waals surface area contributed by atoms with Crippen molar-refractivity contribution in [2.24, 2.45) is 5.73 Å². The summed E-state index contributed by atoms with van der Waals surface area (Å²) >= 11 is 13.0. The third kappa shape index (κ3) is 5.62. The van der Waals surface area contributed by atoms with E-state index in [1.807, 2.05) is 11.5 Å². The fourth-order valence-corrected chi connectivity index (χ4v) is 3.18. The maximum atomic E-state index is 12.1. The second-order valence-electron chi connectivity index (χ2n) is 5.08. The molecule has 2 aromatic rings. The van der Waals surface area contributed by atoms with Crippen LogP contribution in [0.1, 0.15) is 19.2 Å². The molecule has 2 rings (SSSR count). The maximum Gasteiger partial charge on any atom is 0.234 e. The topological polar surface area (TPSA) is 103 Å². The normalized spacial score (nSPS) is 10.7. The third-order valence-electron chi connectivity index (χ3n) is 3.24. The van der Waals surface area contributed by atoms with Gasteiger partial charge >= 0.3 is 0 Å². The first-order valence-electron chi connectivity index (χ1n) is 7.48. The summed E-state index contributed by atoms with van der Waals surface area (Å²) in [5.74, 6) is 0.246. The van der Waals surface area contributed by atoms with E-state index in [-0.39, 0.29) is 24.0 Å². The van der Waals surface area contributed by atoms with Crippen LogP contribution in [0.3, 0.4) is 0 Å². The predicted octanol–water partition coefficient (Wildman–Crippen LogP) is 2.75. The van der Waals surface area contributed by atoms with Gasteiger partial charge in [-0.3, -0.25) is 9.59 Å². The number of rotatable bonds is 8. The molecule has 0 radical (unpaired) electrons. The van der Waals surface area contributed by atoms with Gasteiger partial charge in [-0.2, -0.15) is 0 Å². The van der Waals surface area contributed by atoms with E-state index in [0.29, 0.717) is 39.7 Å². The lowest BCUT2D eigenvalue weighted by atomic mass is 10.3. The number of benzene rings is 1. The number of aromatic nitrogens is 3. The maximum absolute atomic E-state index is 12.1. The highest BCUT2D eigenvalue weighted by Gasteiger charge is 2.14. The molecule has 25 heavy (non-hydrogen) atoms. The average Bonchev–Trinajstić information content (AvgIpc) is 2.96. The van der Waals surface area contributed by atoms with Crippen LogP contribution in [0.2, 0.25) is 10.0 Å². The van der Waals surface area contributed by atoms with Crippen molar-refractivity contribution in [3.8, 4) is 0 Å². The highest BCUT2D eigenvalue weighted by atomic mass is 35.5. The van der Waals surface area contributed by atoms with Crippen LogP contribution >= 0.6 is 35.0 Å². The molecule has 1 aromatic carbocycles. The Hall–Kier alpha value is -1.77. The summed E-state index contributed by atoms with van der Waals surface area (Å²) in [5.41, 5.74) is 5.73.